The molecule has 0 saturated carbocycles. The number of hydrogen-bond acceptors (Lipinski definition) is 2. The lowest BCUT2D eigenvalue weighted by Gasteiger charge is -2.22. The molecule has 1 aromatic carbocycles. The molecular weight excluding hydrogens is 268 g/mol. The zero-order valence-electron chi connectivity index (χ0n) is 9.23. The van der Waals surface area contributed by atoms with Crippen LogP contribution in [0.25, 0.3) is 0 Å². The summed E-state index contributed by atoms with van der Waals surface area (Å²) in [5.74, 6) is 0.446. The van der Waals surface area contributed by atoms with Crippen LogP contribution in [0.1, 0.15) is 25.0 Å². The highest BCUT2D eigenvalue weighted by Crippen LogP contribution is 2.43. The van der Waals surface area contributed by atoms with E-state index in [2.05, 4.69) is 41.1 Å². The molecule has 0 N–H and O–H groups in total. The summed E-state index contributed by atoms with van der Waals surface area (Å²) < 4.78 is 12.7. The van der Waals surface area contributed by atoms with Gasteiger partial charge >= 0.3 is 0 Å². The van der Waals surface area contributed by atoms with Gasteiger partial charge in [0.15, 0.2) is 0 Å². The second kappa shape index (κ2) is 4.13. The third kappa shape index (κ3) is 1.92. The molecule has 0 spiro atoms. The van der Waals surface area contributed by atoms with Gasteiger partial charge in [-0.1, -0.05) is 35.0 Å². The first-order valence-corrected chi connectivity index (χ1v) is 6.57. The molecule has 16 heavy (non-hydrogen) atoms. The lowest BCUT2D eigenvalue weighted by atomic mass is 9.93. The zero-order chi connectivity index (χ0) is 11.1. The van der Waals surface area contributed by atoms with Crippen LogP contribution in [0.2, 0.25) is 0 Å². The molecule has 3 rings (SSSR count). The summed E-state index contributed by atoms with van der Waals surface area (Å²) in [5.41, 5.74) is 1.25. The first kappa shape index (κ1) is 10.8. The molecule has 2 saturated heterocycles. The molecule has 0 radical (unpaired) electrons. The number of hydrogen-bond donors (Lipinski definition) is 0. The molecule has 2 fully saturated rings. The highest BCUT2D eigenvalue weighted by Gasteiger charge is 2.47. The first-order valence-electron chi connectivity index (χ1n) is 5.78. The number of rotatable bonds is 1. The largest absolute Gasteiger partial charge is 0.373 e. The fourth-order valence-corrected chi connectivity index (χ4v) is 2.99. The molecule has 0 unspecified atom stereocenters. The SMILES string of the molecule is C[C@H]1[C@@H]2O[C@H]2CCO[C@H]1c1cccc(Br)c1. The lowest BCUT2D eigenvalue weighted by molar-refractivity contribution is 0.00619. The number of halogens is 1. The number of ether oxygens (including phenoxy) is 2. The maximum atomic E-state index is 5.96. The minimum Gasteiger partial charge on any atom is -0.373 e. The molecule has 2 aliphatic rings. The number of benzene rings is 1. The second-order valence-electron chi connectivity index (χ2n) is 4.63. The van der Waals surface area contributed by atoms with Gasteiger partial charge in [0.25, 0.3) is 0 Å². The molecule has 86 valence electrons. The van der Waals surface area contributed by atoms with Crippen molar-refractivity contribution in [3.8, 4) is 0 Å². The maximum Gasteiger partial charge on any atom is 0.0896 e. The Balaban J connectivity index is 1.87. The van der Waals surface area contributed by atoms with E-state index in [0.717, 1.165) is 17.5 Å². The van der Waals surface area contributed by atoms with Crippen molar-refractivity contribution in [1.29, 1.82) is 0 Å². The standard InChI is InChI=1S/C13H15BrO2/c1-8-12(9-3-2-4-10(14)7-9)15-6-5-11-13(8)16-11/h2-4,7-8,11-13H,5-6H2,1H3/t8-,11+,12-,13+/m1/s1. The summed E-state index contributed by atoms with van der Waals surface area (Å²) in [6, 6.07) is 8.38. The van der Waals surface area contributed by atoms with Gasteiger partial charge in [0.2, 0.25) is 0 Å². The average Bonchev–Trinajstić information content (AvgIpc) is 3.02. The van der Waals surface area contributed by atoms with E-state index in [0.29, 0.717) is 18.1 Å². The van der Waals surface area contributed by atoms with E-state index >= 15 is 0 Å². The Hall–Kier alpha value is -0.380. The topological polar surface area (TPSA) is 21.8 Å². The van der Waals surface area contributed by atoms with Gasteiger partial charge in [0.1, 0.15) is 0 Å². The highest BCUT2D eigenvalue weighted by molar-refractivity contribution is 9.10. The van der Waals surface area contributed by atoms with Gasteiger partial charge in [-0.25, -0.2) is 0 Å². The predicted octanol–water partition coefficient (Wildman–Crippen LogP) is 3.31. The van der Waals surface area contributed by atoms with Gasteiger partial charge in [-0.3, -0.25) is 0 Å². The Kier molecular flexibility index (Phi) is 2.78. The summed E-state index contributed by atoms with van der Waals surface area (Å²) in [5, 5.41) is 0. The molecule has 0 bridgehead atoms. The molecule has 2 aliphatic heterocycles. The van der Waals surface area contributed by atoms with E-state index in [9.17, 15) is 0 Å². The van der Waals surface area contributed by atoms with Crippen molar-refractivity contribution in [2.24, 2.45) is 5.92 Å². The lowest BCUT2D eigenvalue weighted by Crippen LogP contribution is -2.17. The minimum atomic E-state index is 0.176. The highest BCUT2D eigenvalue weighted by atomic mass is 79.9. The number of fused-ring (bicyclic) bond motifs is 1. The fourth-order valence-electron chi connectivity index (χ4n) is 2.57. The Morgan fingerprint density at radius 1 is 1.38 bits per heavy atom. The normalized spacial score (nSPS) is 37.6. The summed E-state index contributed by atoms with van der Waals surface area (Å²) in [7, 11) is 0. The Morgan fingerprint density at radius 2 is 2.25 bits per heavy atom. The molecule has 0 aliphatic carbocycles. The van der Waals surface area contributed by atoms with Crippen LogP contribution in [0.4, 0.5) is 0 Å². The van der Waals surface area contributed by atoms with E-state index in [-0.39, 0.29) is 6.10 Å². The summed E-state index contributed by atoms with van der Waals surface area (Å²) in [4.78, 5) is 0. The molecule has 1 aromatic rings. The van der Waals surface area contributed by atoms with Gasteiger partial charge in [0.05, 0.1) is 18.3 Å². The summed E-state index contributed by atoms with van der Waals surface area (Å²) in [6.45, 7) is 3.03. The monoisotopic (exact) mass is 282 g/mol. The second-order valence-corrected chi connectivity index (χ2v) is 5.55. The third-order valence-corrected chi connectivity index (χ3v) is 3.99. The van der Waals surface area contributed by atoms with Crippen molar-refractivity contribution >= 4 is 15.9 Å². The first-order chi connectivity index (χ1) is 7.75. The van der Waals surface area contributed by atoms with Crippen LogP contribution in [0.15, 0.2) is 28.7 Å². The molecule has 2 heterocycles. The molecule has 4 atom stereocenters. The van der Waals surface area contributed by atoms with Gasteiger partial charge in [-0.05, 0) is 24.1 Å². The summed E-state index contributed by atoms with van der Waals surface area (Å²) >= 11 is 3.51. The van der Waals surface area contributed by atoms with E-state index in [1.807, 2.05) is 6.07 Å². The van der Waals surface area contributed by atoms with E-state index in [1.165, 1.54) is 5.56 Å². The predicted molar refractivity (Wildman–Crippen MR) is 65.3 cm³/mol. The van der Waals surface area contributed by atoms with Crippen LogP contribution in [-0.4, -0.2) is 18.8 Å². The smallest absolute Gasteiger partial charge is 0.0896 e. The van der Waals surface area contributed by atoms with Gasteiger partial charge in [-0.2, -0.15) is 0 Å². The van der Waals surface area contributed by atoms with Crippen LogP contribution < -0.4 is 0 Å². The Bertz CT molecular complexity index is 393. The minimum absolute atomic E-state index is 0.176. The Labute approximate surface area is 104 Å². The van der Waals surface area contributed by atoms with Crippen LogP contribution >= 0.6 is 15.9 Å². The van der Waals surface area contributed by atoms with Crippen molar-refractivity contribution in [2.75, 3.05) is 6.61 Å². The van der Waals surface area contributed by atoms with Gasteiger partial charge < -0.3 is 9.47 Å². The van der Waals surface area contributed by atoms with Gasteiger partial charge in [-0.15, -0.1) is 0 Å². The van der Waals surface area contributed by atoms with Crippen molar-refractivity contribution in [2.45, 2.75) is 31.7 Å². The van der Waals surface area contributed by atoms with Crippen molar-refractivity contribution in [1.82, 2.24) is 0 Å². The molecule has 0 aromatic heterocycles. The van der Waals surface area contributed by atoms with Crippen LogP contribution in [0.3, 0.4) is 0 Å². The van der Waals surface area contributed by atoms with E-state index in [1.54, 1.807) is 0 Å². The molecular formula is C13H15BrO2. The van der Waals surface area contributed by atoms with E-state index < -0.39 is 0 Å². The molecule has 3 heteroatoms. The van der Waals surface area contributed by atoms with Crippen molar-refractivity contribution in [3.05, 3.63) is 34.3 Å². The number of epoxide rings is 1. The Morgan fingerprint density at radius 3 is 3.06 bits per heavy atom. The molecule has 0 amide bonds. The van der Waals surface area contributed by atoms with Crippen LogP contribution in [0, 0.1) is 5.92 Å². The third-order valence-electron chi connectivity index (χ3n) is 3.49. The van der Waals surface area contributed by atoms with Crippen molar-refractivity contribution in [3.63, 3.8) is 0 Å². The summed E-state index contributed by atoms with van der Waals surface area (Å²) in [6.07, 6.45) is 2.08. The van der Waals surface area contributed by atoms with Crippen molar-refractivity contribution < 1.29 is 9.47 Å². The average molecular weight is 283 g/mol. The van der Waals surface area contributed by atoms with Crippen LogP contribution in [0.5, 0.6) is 0 Å². The maximum absolute atomic E-state index is 5.96. The zero-order valence-corrected chi connectivity index (χ0v) is 10.8. The van der Waals surface area contributed by atoms with Gasteiger partial charge in [0, 0.05) is 17.0 Å². The van der Waals surface area contributed by atoms with E-state index in [4.69, 9.17) is 9.47 Å². The quantitative estimate of drug-likeness (QED) is 0.737. The van der Waals surface area contributed by atoms with Crippen LogP contribution in [-0.2, 0) is 9.47 Å². The fraction of sp³-hybridized carbons (Fsp3) is 0.538. The molecule has 2 nitrogen and oxygen atoms in total.